The summed E-state index contributed by atoms with van der Waals surface area (Å²) in [5.74, 6) is -0.109. The van der Waals surface area contributed by atoms with Crippen molar-refractivity contribution in [2.24, 2.45) is 0 Å². The molecule has 0 aromatic carbocycles. The lowest BCUT2D eigenvalue weighted by Gasteiger charge is -2.18. The third kappa shape index (κ3) is 3.08. The van der Waals surface area contributed by atoms with E-state index in [1.807, 2.05) is 6.26 Å². The molecule has 1 N–H and O–H groups in total. The summed E-state index contributed by atoms with van der Waals surface area (Å²) in [6.07, 6.45) is 1.90. The van der Waals surface area contributed by atoms with E-state index in [9.17, 15) is 4.79 Å². The van der Waals surface area contributed by atoms with Crippen LogP contribution in [0.5, 0.6) is 0 Å². The SMILES string of the molecule is CSC[C@@H](C(=O)O)N(C)C. The van der Waals surface area contributed by atoms with Crippen molar-refractivity contribution in [2.75, 3.05) is 26.1 Å². The molecule has 10 heavy (non-hydrogen) atoms. The molecule has 0 spiro atoms. The number of carbonyl (C=O) groups is 1. The predicted octanol–water partition coefficient (Wildman–Crippen LogP) is 0.364. The van der Waals surface area contributed by atoms with Crippen LogP contribution in [-0.4, -0.2) is 48.1 Å². The summed E-state index contributed by atoms with van der Waals surface area (Å²) in [4.78, 5) is 12.2. The van der Waals surface area contributed by atoms with E-state index < -0.39 is 5.97 Å². The van der Waals surface area contributed by atoms with Crippen LogP contribution in [0.15, 0.2) is 0 Å². The lowest BCUT2D eigenvalue weighted by molar-refractivity contribution is -0.141. The highest BCUT2D eigenvalue weighted by Crippen LogP contribution is 2.01. The van der Waals surface area contributed by atoms with Crippen LogP contribution in [0.4, 0.5) is 0 Å². The molecule has 0 amide bonds. The third-order valence-electron chi connectivity index (χ3n) is 1.23. The average Bonchev–Trinajstić information content (AvgIpc) is 1.81. The molecular formula is C6H13NO2S. The van der Waals surface area contributed by atoms with Crippen LogP contribution in [0.1, 0.15) is 0 Å². The third-order valence-corrected chi connectivity index (χ3v) is 1.88. The van der Waals surface area contributed by atoms with Gasteiger partial charge >= 0.3 is 5.97 Å². The molecule has 0 aliphatic rings. The number of nitrogens with zero attached hydrogens (tertiary/aromatic N) is 1. The molecule has 0 bridgehead atoms. The Morgan fingerprint density at radius 2 is 2.20 bits per heavy atom. The molecular weight excluding hydrogens is 150 g/mol. The maximum Gasteiger partial charge on any atom is 0.321 e. The zero-order valence-corrected chi connectivity index (χ0v) is 7.31. The maximum atomic E-state index is 10.5. The normalized spacial score (nSPS) is 13.6. The Balaban J connectivity index is 3.85. The van der Waals surface area contributed by atoms with Crippen molar-refractivity contribution in [3.63, 3.8) is 0 Å². The van der Waals surface area contributed by atoms with Crippen LogP contribution in [0.3, 0.4) is 0 Å². The fourth-order valence-electron chi connectivity index (χ4n) is 0.599. The zero-order valence-electron chi connectivity index (χ0n) is 6.50. The molecule has 0 saturated carbocycles. The van der Waals surface area contributed by atoms with Gasteiger partial charge in [0, 0.05) is 5.75 Å². The number of aliphatic carboxylic acids is 1. The smallest absolute Gasteiger partial charge is 0.321 e. The summed E-state index contributed by atoms with van der Waals surface area (Å²) in [7, 11) is 3.55. The van der Waals surface area contributed by atoms with Gasteiger partial charge in [-0.3, -0.25) is 9.69 Å². The van der Waals surface area contributed by atoms with Crippen LogP contribution in [0.2, 0.25) is 0 Å². The minimum absolute atomic E-state index is 0.352. The summed E-state index contributed by atoms with van der Waals surface area (Å²) < 4.78 is 0. The van der Waals surface area contributed by atoms with Gasteiger partial charge in [-0.15, -0.1) is 0 Å². The van der Waals surface area contributed by atoms with Crippen molar-refractivity contribution in [1.82, 2.24) is 4.90 Å². The van der Waals surface area contributed by atoms with Crippen molar-refractivity contribution in [3.8, 4) is 0 Å². The summed E-state index contributed by atoms with van der Waals surface area (Å²) in [6, 6.07) is -0.352. The second-order valence-corrected chi connectivity index (χ2v) is 3.18. The minimum atomic E-state index is -0.751. The van der Waals surface area contributed by atoms with Gasteiger partial charge in [-0.05, 0) is 20.4 Å². The van der Waals surface area contributed by atoms with Crippen LogP contribution >= 0.6 is 11.8 Å². The van der Waals surface area contributed by atoms with Crippen molar-refractivity contribution < 1.29 is 9.90 Å². The standard InChI is InChI=1S/C6H13NO2S/c1-7(2)5(4-10-3)6(8)9/h5H,4H2,1-3H3,(H,8,9)/t5-/m0/s1. The molecule has 0 saturated heterocycles. The molecule has 0 heterocycles. The lowest BCUT2D eigenvalue weighted by atomic mass is 10.3. The van der Waals surface area contributed by atoms with Crippen LogP contribution < -0.4 is 0 Å². The molecule has 0 fully saturated rings. The van der Waals surface area contributed by atoms with Gasteiger partial charge in [0.15, 0.2) is 0 Å². The summed E-state index contributed by atoms with van der Waals surface area (Å²) in [6.45, 7) is 0. The first kappa shape index (κ1) is 9.78. The molecule has 0 aromatic rings. The van der Waals surface area contributed by atoms with Crippen molar-refractivity contribution in [2.45, 2.75) is 6.04 Å². The number of thioether (sulfide) groups is 1. The van der Waals surface area contributed by atoms with Gasteiger partial charge in [-0.1, -0.05) is 0 Å². The van der Waals surface area contributed by atoms with E-state index in [1.165, 1.54) is 0 Å². The van der Waals surface area contributed by atoms with Crippen molar-refractivity contribution in [3.05, 3.63) is 0 Å². The molecule has 3 nitrogen and oxygen atoms in total. The molecule has 0 rings (SSSR count). The molecule has 0 aromatic heterocycles. The number of carboxylic acid groups (broad SMARTS) is 1. The van der Waals surface area contributed by atoms with Gasteiger partial charge in [0.1, 0.15) is 6.04 Å². The molecule has 0 aliphatic heterocycles. The second kappa shape index (κ2) is 4.57. The summed E-state index contributed by atoms with van der Waals surface area (Å²) >= 11 is 1.54. The monoisotopic (exact) mass is 163 g/mol. The summed E-state index contributed by atoms with van der Waals surface area (Å²) in [5.41, 5.74) is 0. The number of hydrogen-bond donors (Lipinski definition) is 1. The maximum absolute atomic E-state index is 10.5. The Kier molecular flexibility index (Phi) is 4.47. The van der Waals surface area contributed by atoms with E-state index in [1.54, 1.807) is 30.8 Å². The first-order valence-corrected chi connectivity index (χ1v) is 4.37. The molecule has 1 atom stereocenters. The fourth-order valence-corrected chi connectivity index (χ4v) is 1.36. The lowest BCUT2D eigenvalue weighted by Crippen LogP contribution is -2.37. The summed E-state index contributed by atoms with van der Waals surface area (Å²) in [5, 5.41) is 8.62. The second-order valence-electron chi connectivity index (χ2n) is 2.27. The predicted molar refractivity (Wildman–Crippen MR) is 43.5 cm³/mol. The van der Waals surface area contributed by atoms with Gasteiger partial charge < -0.3 is 5.11 Å². The Labute approximate surface area is 65.4 Å². The fraction of sp³-hybridized carbons (Fsp3) is 0.833. The largest absolute Gasteiger partial charge is 0.480 e. The van der Waals surface area contributed by atoms with Crippen LogP contribution in [-0.2, 0) is 4.79 Å². The molecule has 0 unspecified atom stereocenters. The molecule has 4 heteroatoms. The van der Waals surface area contributed by atoms with Gasteiger partial charge in [0.25, 0.3) is 0 Å². The Morgan fingerprint density at radius 3 is 2.30 bits per heavy atom. The Bertz CT molecular complexity index is 116. The average molecular weight is 163 g/mol. The minimum Gasteiger partial charge on any atom is -0.480 e. The van der Waals surface area contributed by atoms with Crippen LogP contribution in [0.25, 0.3) is 0 Å². The zero-order chi connectivity index (χ0) is 8.15. The van der Waals surface area contributed by atoms with E-state index in [0.29, 0.717) is 5.75 Å². The van der Waals surface area contributed by atoms with Gasteiger partial charge in [-0.25, -0.2) is 0 Å². The highest BCUT2D eigenvalue weighted by atomic mass is 32.2. The molecule has 60 valence electrons. The highest BCUT2D eigenvalue weighted by molar-refractivity contribution is 7.98. The number of carboxylic acids is 1. The Morgan fingerprint density at radius 1 is 1.70 bits per heavy atom. The highest BCUT2D eigenvalue weighted by Gasteiger charge is 2.17. The van der Waals surface area contributed by atoms with Gasteiger partial charge in [-0.2, -0.15) is 11.8 Å². The van der Waals surface area contributed by atoms with Gasteiger partial charge in [0.05, 0.1) is 0 Å². The van der Waals surface area contributed by atoms with E-state index in [-0.39, 0.29) is 6.04 Å². The van der Waals surface area contributed by atoms with E-state index in [4.69, 9.17) is 5.11 Å². The first-order valence-electron chi connectivity index (χ1n) is 2.97. The van der Waals surface area contributed by atoms with E-state index in [2.05, 4.69) is 0 Å². The molecule has 0 aliphatic carbocycles. The van der Waals surface area contributed by atoms with Crippen LogP contribution in [0, 0.1) is 0 Å². The number of hydrogen-bond acceptors (Lipinski definition) is 3. The van der Waals surface area contributed by atoms with E-state index in [0.717, 1.165) is 0 Å². The van der Waals surface area contributed by atoms with E-state index >= 15 is 0 Å². The molecule has 0 radical (unpaired) electrons. The van der Waals surface area contributed by atoms with Crippen molar-refractivity contribution >= 4 is 17.7 Å². The Hall–Kier alpha value is -0.220. The van der Waals surface area contributed by atoms with Crippen molar-refractivity contribution in [1.29, 1.82) is 0 Å². The quantitative estimate of drug-likeness (QED) is 0.650. The van der Waals surface area contributed by atoms with Gasteiger partial charge in [0.2, 0.25) is 0 Å². The topological polar surface area (TPSA) is 40.5 Å². The number of likely N-dealkylation sites (N-methyl/N-ethyl adjacent to an activating group) is 1. The number of rotatable bonds is 4. The first-order chi connectivity index (χ1) is 4.59.